The lowest BCUT2D eigenvalue weighted by atomic mass is 9.92. The molecule has 0 aliphatic carbocycles. The van der Waals surface area contributed by atoms with Crippen LogP contribution < -0.4 is 16.0 Å². The molecule has 1 amide bonds. The Hall–Kier alpha value is -2.03. The molecule has 0 radical (unpaired) electrons. The van der Waals surface area contributed by atoms with Crippen molar-refractivity contribution in [3.63, 3.8) is 0 Å². The zero-order valence-corrected chi connectivity index (χ0v) is 16.3. The Kier molecular flexibility index (Phi) is 5.66. The average Bonchev–Trinajstić information content (AvgIpc) is 3.23. The van der Waals surface area contributed by atoms with Gasteiger partial charge in [0.05, 0.1) is 12.2 Å². The van der Waals surface area contributed by atoms with Crippen LogP contribution in [0.4, 0.5) is 5.95 Å². The minimum absolute atomic E-state index is 0.0315. The van der Waals surface area contributed by atoms with Gasteiger partial charge in [0.1, 0.15) is 0 Å². The molecule has 0 aromatic carbocycles. The van der Waals surface area contributed by atoms with Gasteiger partial charge in [-0.2, -0.15) is 0 Å². The molecule has 2 fully saturated rings. The number of carbonyl (C=O) groups excluding carboxylic acids is 1. The standard InChI is InChI=1S/C19H26N6OS/c1-20-19-21-9-13(10-22-19)11-25-6-2-4-14(12-25)18-23-15(8-17(26)24-18)16-5-3-7-27-16/h3,5,7,9-10,14-15,18,23H,2,4,6,8,11-12H2,1H3,(H,24,26)(H,20,21,22). The van der Waals surface area contributed by atoms with Gasteiger partial charge in [-0.25, -0.2) is 9.97 Å². The molecule has 0 bridgehead atoms. The number of amides is 1. The van der Waals surface area contributed by atoms with Crippen LogP contribution in [0, 0.1) is 5.92 Å². The van der Waals surface area contributed by atoms with E-state index in [9.17, 15) is 4.79 Å². The molecule has 8 heteroatoms. The summed E-state index contributed by atoms with van der Waals surface area (Å²) in [7, 11) is 1.82. The SMILES string of the molecule is CNc1ncc(CN2CCCC(C3NC(=O)CC(c4cccs4)N3)C2)cn1. The number of hydrogen-bond acceptors (Lipinski definition) is 7. The average molecular weight is 387 g/mol. The first kappa shape index (κ1) is 18.3. The van der Waals surface area contributed by atoms with Crippen LogP contribution in [-0.2, 0) is 11.3 Å². The van der Waals surface area contributed by atoms with E-state index in [4.69, 9.17) is 0 Å². The Morgan fingerprint density at radius 1 is 1.37 bits per heavy atom. The van der Waals surface area contributed by atoms with Gasteiger partial charge in [0.15, 0.2) is 0 Å². The van der Waals surface area contributed by atoms with E-state index < -0.39 is 0 Å². The zero-order valence-electron chi connectivity index (χ0n) is 15.5. The molecule has 7 nitrogen and oxygen atoms in total. The van der Waals surface area contributed by atoms with E-state index in [1.807, 2.05) is 25.5 Å². The number of thiophene rings is 1. The highest BCUT2D eigenvalue weighted by Gasteiger charge is 2.34. The van der Waals surface area contributed by atoms with Gasteiger partial charge in [-0.1, -0.05) is 6.07 Å². The Balaban J connectivity index is 1.38. The van der Waals surface area contributed by atoms with Crippen molar-refractivity contribution in [3.8, 4) is 0 Å². The quantitative estimate of drug-likeness (QED) is 0.729. The van der Waals surface area contributed by atoms with E-state index in [-0.39, 0.29) is 18.1 Å². The van der Waals surface area contributed by atoms with Crippen molar-refractivity contribution in [2.75, 3.05) is 25.5 Å². The zero-order chi connectivity index (χ0) is 18.6. The Morgan fingerprint density at radius 3 is 2.96 bits per heavy atom. The molecule has 3 N–H and O–H groups in total. The predicted molar refractivity (Wildman–Crippen MR) is 106 cm³/mol. The van der Waals surface area contributed by atoms with E-state index >= 15 is 0 Å². The Morgan fingerprint density at radius 2 is 2.22 bits per heavy atom. The van der Waals surface area contributed by atoms with Crippen molar-refractivity contribution in [2.24, 2.45) is 5.92 Å². The number of piperidine rings is 1. The molecule has 2 aromatic rings. The maximum absolute atomic E-state index is 12.3. The number of aromatic nitrogens is 2. The third kappa shape index (κ3) is 4.45. The van der Waals surface area contributed by atoms with Crippen LogP contribution in [0.2, 0.25) is 0 Å². The van der Waals surface area contributed by atoms with Crippen LogP contribution >= 0.6 is 11.3 Å². The molecule has 2 aliphatic rings. The lowest BCUT2D eigenvalue weighted by Gasteiger charge is -2.41. The molecule has 4 rings (SSSR count). The van der Waals surface area contributed by atoms with Gasteiger partial charge >= 0.3 is 0 Å². The summed E-state index contributed by atoms with van der Waals surface area (Å²) in [6, 6.07) is 4.29. The van der Waals surface area contributed by atoms with E-state index in [1.54, 1.807) is 11.3 Å². The largest absolute Gasteiger partial charge is 0.357 e. The maximum Gasteiger partial charge on any atom is 0.223 e. The second kappa shape index (κ2) is 8.33. The first-order valence-electron chi connectivity index (χ1n) is 9.51. The van der Waals surface area contributed by atoms with Gasteiger partial charge in [0.2, 0.25) is 11.9 Å². The fraction of sp³-hybridized carbons (Fsp3) is 0.526. The van der Waals surface area contributed by atoms with Gasteiger partial charge in [0, 0.05) is 55.3 Å². The minimum Gasteiger partial charge on any atom is -0.357 e. The van der Waals surface area contributed by atoms with Crippen LogP contribution in [0.1, 0.15) is 35.7 Å². The number of rotatable bonds is 5. The second-order valence-electron chi connectivity index (χ2n) is 7.29. The Bertz CT molecular complexity index is 750. The second-order valence-corrected chi connectivity index (χ2v) is 8.27. The number of nitrogens with one attached hydrogen (secondary N) is 3. The van der Waals surface area contributed by atoms with E-state index in [0.29, 0.717) is 18.3 Å². The number of carbonyl (C=O) groups is 1. The fourth-order valence-corrected chi connectivity index (χ4v) is 4.78. The van der Waals surface area contributed by atoms with Crippen molar-refractivity contribution in [3.05, 3.63) is 40.3 Å². The highest BCUT2D eigenvalue weighted by atomic mass is 32.1. The molecule has 2 saturated heterocycles. The Labute approximate surface area is 163 Å². The number of nitrogens with zero attached hydrogens (tertiary/aromatic N) is 3. The molecule has 2 aromatic heterocycles. The molecule has 3 unspecified atom stereocenters. The van der Waals surface area contributed by atoms with Gasteiger partial charge in [0.25, 0.3) is 0 Å². The van der Waals surface area contributed by atoms with Crippen molar-refractivity contribution in [1.29, 1.82) is 0 Å². The topological polar surface area (TPSA) is 82.2 Å². The highest BCUT2D eigenvalue weighted by molar-refractivity contribution is 7.10. The first-order valence-corrected chi connectivity index (χ1v) is 10.4. The van der Waals surface area contributed by atoms with E-state index in [0.717, 1.165) is 38.0 Å². The maximum atomic E-state index is 12.3. The first-order chi connectivity index (χ1) is 13.2. The molecule has 2 aliphatic heterocycles. The lowest BCUT2D eigenvalue weighted by molar-refractivity contribution is -0.125. The smallest absolute Gasteiger partial charge is 0.223 e. The third-order valence-corrected chi connectivity index (χ3v) is 6.31. The molecule has 0 saturated carbocycles. The molecule has 4 heterocycles. The third-order valence-electron chi connectivity index (χ3n) is 5.32. The van der Waals surface area contributed by atoms with Crippen LogP contribution in [0.25, 0.3) is 0 Å². The van der Waals surface area contributed by atoms with Crippen LogP contribution in [0.5, 0.6) is 0 Å². The van der Waals surface area contributed by atoms with Crippen molar-refractivity contribution in [2.45, 2.75) is 38.0 Å². The van der Waals surface area contributed by atoms with Gasteiger partial charge in [-0.3, -0.25) is 15.0 Å². The number of likely N-dealkylation sites (tertiary alicyclic amines) is 1. The van der Waals surface area contributed by atoms with E-state index in [1.165, 1.54) is 4.88 Å². The predicted octanol–water partition coefficient (Wildman–Crippen LogP) is 1.97. The molecule has 0 spiro atoms. The normalized spacial score (nSPS) is 26.6. The monoisotopic (exact) mass is 386 g/mol. The summed E-state index contributed by atoms with van der Waals surface area (Å²) in [6.45, 7) is 2.87. The van der Waals surface area contributed by atoms with Crippen molar-refractivity contribution >= 4 is 23.2 Å². The van der Waals surface area contributed by atoms with Crippen LogP contribution in [-0.4, -0.2) is 47.1 Å². The summed E-state index contributed by atoms with van der Waals surface area (Å²) < 4.78 is 0. The summed E-state index contributed by atoms with van der Waals surface area (Å²) in [5.41, 5.74) is 1.12. The van der Waals surface area contributed by atoms with Gasteiger partial charge in [-0.05, 0) is 30.8 Å². The molecule has 27 heavy (non-hydrogen) atoms. The van der Waals surface area contributed by atoms with Crippen LogP contribution in [0.3, 0.4) is 0 Å². The molecule has 3 atom stereocenters. The van der Waals surface area contributed by atoms with Crippen molar-refractivity contribution < 1.29 is 4.79 Å². The minimum atomic E-state index is 0.0315. The van der Waals surface area contributed by atoms with Gasteiger partial charge < -0.3 is 10.6 Å². The molecular formula is C19H26N6OS. The fourth-order valence-electron chi connectivity index (χ4n) is 3.99. The number of anilines is 1. The van der Waals surface area contributed by atoms with Crippen molar-refractivity contribution in [1.82, 2.24) is 25.5 Å². The summed E-state index contributed by atoms with van der Waals surface area (Å²) in [5.74, 6) is 1.19. The number of hydrogen-bond donors (Lipinski definition) is 3. The van der Waals surface area contributed by atoms with E-state index in [2.05, 4.69) is 42.3 Å². The van der Waals surface area contributed by atoms with Crippen LogP contribution in [0.15, 0.2) is 29.9 Å². The molecular weight excluding hydrogens is 360 g/mol. The highest BCUT2D eigenvalue weighted by Crippen LogP contribution is 2.28. The molecule has 144 valence electrons. The summed E-state index contributed by atoms with van der Waals surface area (Å²) in [6.07, 6.45) is 6.58. The van der Waals surface area contributed by atoms with Gasteiger partial charge in [-0.15, -0.1) is 11.3 Å². The summed E-state index contributed by atoms with van der Waals surface area (Å²) in [5, 5.41) is 11.9. The lowest BCUT2D eigenvalue weighted by Crippen LogP contribution is -2.59. The summed E-state index contributed by atoms with van der Waals surface area (Å²) >= 11 is 1.71. The summed E-state index contributed by atoms with van der Waals surface area (Å²) in [4.78, 5) is 24.6.